The number of benzene rings is 1. The highest BCUT2D eigenvalue weighted by Gasteiger charge is 2.19. The molecule has 0 saturated carbocycles. The monoisotopic (exact) mass is 329 g/mol. The van der Waals surface area contributed by atoms with Gasteiger partial charge in [-0.3, -0.25) is 9.59 Å². The predicted octanol–water partition coefficient (Wildman–Crippen LogP) is 2.87. The first-order chi connectivity index (χ1) is 11.1. The van der Waals surface area contributed by atoms with E-state index in [4.69, 9.17) is 0 Å². The van der Waals surface area contributed by atoms with Crippen LogP contribution in [0.2, 0.25) is 0 Å². The van der Waals surface area contributed by atoms with Gasteiger partial charge >= 0.3 is 0 Å². The van der Waals surface area contributed by atoms with E-state index < -0.39 is 0 Å². The summed E-state index contributed by atoms with van der Waals surface area (Å²) in [6.45, 7) is 3.59. The van der Waals surface area contributed by atoms with Crippen molar-refractivity contribution in [3.8, 4) is 0 Å². The molecule has 1 aliphatic rings. The Morgan fingerprint density at radius 2 is 1.91 bits per heavy atom. The molecule has 1 N–H and O–H groups in total. The standard InChI is InChI=1S/C17H19N3O2S/c1-12-18-15(11-23-12)10-16(21)19-14-6-4-13(5-7-14)17(22)20-8-2-3-9-20/h4-7,11H,2-3,8-10H2,1H3,(H,19,21). The van der Waals surface area contributed by atoms with Crippen molar-refractivity contribution in [2.24, 2.45) is 0 Å². The third-order valence-corrected chi connectivity index (χ3v) is 4.64. The second-order valence-electron chi connectivity index (χ2n) is 5.66. The minimum absolute atomic E-state index is 0.0679. The van der Waals surface area contributed by atoms with Crippen LogP contribution in [-0.2, 0) is 11.2 Å². The Bertz CT molecular complexity index is 703. The molecule has 1 fully saturated rings. The van der Waals surface area contributed by atoms with Crippen molar-refractivity contribution < 1.29 is 9.59 Å². The summed E-state index contributed by atoms with van der Waals surface area (Å²) in [5, 5.41) is 5.69. The van der Waals surface area contributed by atoms with Gasteiger partial charge in [-0.2, -0.15) is 0 Å². The topological polar surface area (TPSA) is 62.3 Å². The Balaban J connectivity index is 1.58. The van der Waals surface area contributed by atoms with Crippen LogP contribution in [0.5, 0.6) is 0 Å². The van der Waals surface area contributed by atoms with E-state index in [1.54, 1.807) is 24.3 Å². The highest BCUT2D eigenvalue weighted by atomic mass is 32.1. The second-order valence-corrected chi connectivity index (χ2v) is 6.72. The lowest BCUT2D eigenvalue weighted by atomic mass is 10.2. The third kappa shape index (κ3) is 3.96. The van der Waals surface area contributed by atoms with E-state index in [0.29, 0.717) is 11.3 Å². The van der Waals surface area contributed by atoms with Crippen LogP contribution >= 0.6 is 11.3 Å². The first-order valence-corrected chi connectivity index (χ1v) is 8.60. The lowest BCUT2D eigenvalue weighted by Gasteiger charge is -2.15. The number of hydrogen-bond acceptors (Lipinski definition) is 4. The smallest absolute Gasteiger partial charge is 0.253 e. The fourth-order valence-electron chi connectivity index (χ4n) is 2.66. The summed E-state index contributed by atoms with van der Waals surface area (Å²) in [5.74, 6) is -0.0350. The number of rotatable bonds is 4. The number of anilines is 1. The van der Waals surface area contributed by atoms with Gasteiger partial charge in [0.15, 0.2) is 0 Å². The molecule has 120 valence electrons. The molecule has 1 aliphatic heterocycles. The quantitative estimate of drug-likeness (QED) is 0.938. The largest absolute Gasteiger partial charge is 0.339 e. The molecule has 2 aromatic rings. The van der Waals surface area contributed by atoms with Gasteiger partial charge in [0.1, 0.15) is 0 Å². The normalized spacial score (nSPS) is 14.0. The molecule has 2 amide bonds. The zero-order valence-electron chi connectivity index (χ0n) is 13.0. The van der Waals surface area contributed by atoms with Gasteiger partial charge in [0.2, 0.25) is 5.91 Å². The van der Waals surface area contributed by atoms with Crippen molar-refractivity contribution in [1.29, 1.82) is 0 Å². The zero-order chi connectivity index (χ0) is 16.2. The Hall–Kier alpha value is -2.21. The summed E-state index contributed by atoms with van der Waals surface area (Å²) in [6.07, 6.45) is 2.42. The number of thiazole rings is 1. The van der Waals surface area contributed by atoms with Gasteiger partial charge in [0.25, 0.3) is 5.91 Å². The van der Waals surface area contributed by atoms with E-state index >= 15 is 0 Å². The second kappa shape index (κ2) is 6.91. The van der Waals surface area contributed by atoms with Crippen molar-refractivity contribution in [3.05, 3.63) is 45.9 Å². The van der Waals surface area contributed by atoms with Crippen LogP contribution in [-0.4, -0.2) is 34.8 Å². The molecule has 1 aromatic carbocycles. The van der Waals surface area contributed by atoms with Crippen LogP contribution in [0.15, 0.2) is 29.6 Å². The summed E-state index contributed by atoms with van der Waals surface area (Å²) < 4.78 is 0. The van der Waals surface area contributed by atoms with E-state index in [-0.39, 0.29) is 18.2 Å². The molecule has 0 unspecified atom stereocenters. The Morgan fingerprint density at radius 1 is 1.22 bits per heavy atom. The average molecular weight is 329 g/mol. The molecular formula is C17H19N3O2S. The summed E-state index contributed by atoms with van der Waals surface area (Å²) in [4.78, 5) is 30.4. The number of carbonyl (C=O) groups is 2. The van der Waals surface area contributed by atoms with Gasteiger partial charge < -0.3 is 10.2 Å². The van der Waals surface area contributed by atoms with Crippen LogP contribution in [0, 0.1) is 6.92 Å². The Labute approximate surface area is 139 Å². The van der Waals surface area contributed by atoms with Gasteiger partial charge in [-0.05, 0) is 44.0 Å². The first kappa shape index (κ1) is 15.7. The number of likely N-dealkylation sites (tertiary alicyclic amines) is 1. The fourth-order valence-corrected chi connectivity index (χ4v) is 3.27. The number of carbonyl (C=O) groups excluding carboxylic acids is 2. The van der Waals surface area contributed by atoms with Crippen molar-refractivity contribution in [2.75, 3.05) is 18.4 Å². The van der Waals surface area contributed by atoms with Crippen molar-refractivity contribution in [2.45, 2.75) is 26.2 Å². The number of nitrogens with zero attached hydrogens (tertiary/aromatic N) is 2. The van der Waals surface area contributed by atoms with Gasteiger partial charge in [-0.15, -0.1) is 11.3 Å². The zero-order valence-corrected chi connectivity index (χ0v) is 13.9. The summed E-state index contributed by atoms with van der Waals surface area (Å²) in [5.41, 5.74) is 2.14. The first-order valence-electron chi connectivity index (χ1n) is 7.72. The molecule has 23 heavy (non-hydrogen) atoms. The number of hydrogen-bond donors (Lipinski definition) is 1. The maximum absolute atomic E-state index is 12.3. The molecule has 3 rings (SSSR count). The van der Waals surface area contributed by atoms with E-state index in [1.807, 2.05) is 17.2 Å². The molecule has 2 heterocycles. The Kier molecular flexibility index (Phi) is 4.71. The summed E-state index contributed by atoms with van der Waals surface area (Å²) in [6, 6.07) is 7.08. The van der Waals surface area contributed by atoms with E-state index in [9.17, 15) is 9.59 Å². The van der Waals surface area contributed by atoms with Crippen molar-refractivity contribution in [3.63, 3.8) is 0 Å². The minimum Gasteiger partial charge on any atom is -0.339 e. The number of aryl methyl sites for hydroxylation is 1. The third-order valence-electron chi connectivity index (χ3n) is 3.82. The van der Waals surface area contributed by atoms with Gasteiger partial charge in [0.05, 0.1) is 17.1 Å². The summed E-state index contributed by atoms with van der Waals surface area (Å²) in [7, 11) is 0. The van der Waals surface area contributed by atoms with E-state index in [0.717, 1.165) is 36.6 Å². The molecule has 0 atom stereocenters. The molecule has 0 spiro atoms. The highest BCUT2D eigenvalue weighted by molar-refractivity contribution is 7.09. The maximum Gasteiger partial charge on any atom is 0.253 e. The molecule has 6 heteroatoms. The molecule has 1 saturated heterocycles. The van der Waals surface area contributed by atoms with Crippen molar-refractivity contribution >= 4 is 28.8 Å². The Morgan fingerprint density at radius 3 is 2.52 bits per heavy atom. The van der Waals surface area contributed by atoms with Crippen LogP contribution < -0.4 is 5.32 Å². The SMILES string of the molecule is Cc1nc(CC(=O)Nc2ccc(C(=O)N3CCCC3)cc2)cs1. The molecular weight excluding hydrogens is 310 g/mol. The van der Waals surface area contributed by atoms with E-state index in [2.05, 4.69) is 10.3 Å². The highest BCUT2D eigenvalue weighted by Crippen LogP contribution is 2.16. The lowest BCUT2D eigenvalue weighted by molar-refractivity contribution is -0.115. The van der Waals surface area contributed by atoms with Gasteiger partial charge in [-0.1, -0.05) is 0 Å². The maximum atomic E-state index is 12.3. The van der Waals surface area contributed by atoms with Crippen molar-refractivity contribution in [1.82, 2.24) is 9.88 Å². The summed E-state index contributed by atoms with van der Waals surface area (Å²) >= 11 is 1.54. The number of nitrogens with one attached hydrogen (secondary N) is 1. The van der Waals surface area contributed by atoms with Crippen LogP contribution in [0.1, 0.15) is 33.9 Å². The molecule has 0 aliphatic carbocycles. The minimum atomic E-state index is -0.103. The van der Waals surface area contributed by atoms with Gasteiger partial charge in [0, 0.05) is 29.7 Å². The molecule has 5 nitrogen and oxygen atoms in total. The lowest BCUT2D eigenvalue weighted by Crippen LogP contribution is -2.27. The molecule has 0 radical (unpaired) electrons. The average Bonchev–Trinajstić information content (AvgIpc) is 3.19. The number of aromatic nitrogens is 1. The van der Waals surface area contributed by atoms with Gasteiger partial charge in [-0.25, -0.2) is 4.98 Å². The van der Waals surface area contributed by atoms with Crippen LogP contribution in [0.3, 0.4) is 0 Å². The van der Waals surface area contributed by atoms with Crippen LogP contribution in [0.4, 0.5) is 5.69 Å². The van der Waals surface area contributed by atoms with Crippen LogP contribution in [0.25, 0.3) is 0 Å². The molecule has 0 bridgehead atoms. The van der Waals surface area contributed by atoms with E-state index in [1.165, 1.54) is 11.3 Å². The molecule has 1 aromatic heterocycles. The fraction of sp³-hybridized carbons (Fsp3) is 0.353. The predicted molar refractivity (Wildman–Crippen MR) is 90.8 cm³/mol. The number of amides is 2.